The highest BCUT2D eigenvalue weighted by atomic mass is 32.1. The van der Waals surface area contributed by atoms with Gasteiger partial charge in [-0.1, -0.05) is 12.1 Å². The Hall–Kier alpha value is -1.53. The molecule has 0 unspecified atom stereocenters. The second-order valence-corrected chi connectivity index (χ2v) is 5.47. The molecule has 1 N–H and O–H groups in total. The Balaban J connectivity index is 1.84. The van der Waals surface area contributed by atoms with Gasteiger partial charge in [-0.25, -0.2) is 4.39 Å². The van der Waals surface area contributed by atoms with E-state index >= 15 is 0 Å². The number of piperidine rings is 1. The van der Waals surface area contributed by atoms with Crippen LogP contribution in [-0.4, -0.2) is 22.9 Å². The van der Waals surface area contributed by atoms with Crippen LogP contribution in [0.2, 0.25) is 0 Å². The van der Waals surface area contributed by atoms with Gasteiger partial charge < -0.3 is 9.32 Å². The van der Waals surface area contributed by atoms with Gasteiger partial charge in [0, 0.05) is 0 Å². The van der Waals surface area contributed by atoms with Crippen molar-refractivity contribution in [2.45, 2.75) is 25.9 Å². The van der Waals surface area contributed by atoms with Crippen LogP contribution in [0.15, 0.2) is 28.7 Å². The molecule has 1 saturated heterocycles. The van der Waals surface area contributed by atoms with E-state index in [4.69, 9.17) is 16.6 Å². The molecule has 4 nitrogen and oxygen atoms in total. The van der Waals surface area contributed by atoms with Gasteiger partial charge in [-0.05, 0) is 43.6 Å². The third-order valence-electron chi connectivity index (χ3n) is 3.64. The van der Waals surface area contributed by atoms with Gasteiger partial charge in [0.1, 0.15) is 5.82 Å². The number of halogens is 1. The lowest BCUT2D eigenvalue weighted by Gasteiger charge is -2.22. The first-order valence-electron chi connectivity index (χ1n) is 6.90. The molecule has 0 radical (unpaired) electrons. The van der Waals surface area contributed by atoms with Gasteiger partial charge in [0.25, 0.3) is 4.84 Å². The van der Waals surface area contributed by atoms with Crippen LogP contribution in [0.3, 0.4) is 0 Å². The summed E-state index contributed by atoms with van der Waals surface area (Å²) >= 11 is 5.18. The molecule has 106 valence electrons. The van der Waals surface area contributed by atoms with E-state index in [9.17, 15) is 4.39 Å². The van der Waals surface area contributed by atoms with Crippen molar-refractivity contribution < 1.29 is 13.7 Å². The lowest BCUT2D eigenvalue weighted by atomic mass is 10.1. The smallest absolute Gasteiger partial charge is 0.292 e. The van der Waals surface area contributed by atoms with E-state index in [0.29, 0.717) is 17.1 Å². The molecule has 1 aromatic carbocycles. The summed E-state index contributed by atoms with van der Waals surface area (Å²) in [6.45, 7) is 2.95. The van der Waals surface area contributed by atoms with Crippen molar-refractivity contribution in [1.29, 1.82) is 0 Å². The third kappa shape index (κ3) is 2.81. The fraction of sp³-hybridized carbons (Fsp3) is 0.429. The summed E-state index contributed by atoms with van der Waals surface area (Å²) in [7, 11) is 0. The number of likely N-dealkylation sites (tertiary alicyclic amines) is 1. The Bertz CT molecular complexity index is 646. The van der Waals surface area contributed by atoms with Gasteiger partial charge in [-0.3, -0.25) is 0 Å². The molecule has 3 rings (SSSR count). The Morgan fingerprint density at radius 3 is 2.75 bits per heavy atom. The number of rotatable bonds is 3. The van der Waals surface area contributed by atoms with E-state index in [1.54, 1.807) is 22.9 Å². The minimum Gasteiger partial charge on any atom is -0.409 e. The van der Waals surface area contributed by atoms with Crippen molar-refractivity contribution in [2.75, 3.05) is 13.1 Å². The first-order valence-corrected chi connectivity index (χ1v) is 7.31. The average Bonchev–Trinajstić information content (AvgIpc) is 2.81. The number of benzene rings is 1. The summed E-state index contributed by atoms with van der Waals surface area (Å²) in [5, 5.41) is 4.32. The predicted molar refractivity (Wildman–Crippen MR) is 75.3 cm³/mol. The second-order valence-electron chi connectivity index (χ2n) is 5.12. The average molecular weight is 294 g/mol. The van der Waals surface area contributed by atoms with Gasteiger partial charge in [0.15, 0.2) is 6.67 Å². The maximum Gasteiger partial charge on any atom is 0.292 e. The van der Waals surface area contributed by atoms with E-state index in [2.05, 4.69) is 5.10 Å². The molecule has 0 atom stereocenters. The number of quaternary nitrogens is 1. The second kappa shape index (κ2) is 5.85. The van der Waals surface area contributed by atoms with E-state index < -0.39 is 0 Å². The first kappa shape index (κ1) is 13.5. The van der Waals surface area contributed by atoms with Gasteiger partial charge in [-0.2, -0.15) is 4.68 Å². The Morgan fingerprint density at radius 1 is 1.25 bits per heavy atom. The van der Waals surface area contributed by atoms with Crippen LogP contribution < -0.4 is 4.90 Å². The zero-order valence-electron chi connectivity index (χ0n) is 11.1. The third-order valence-corrected chi connectivity index (χ3v) is 3.94. The number of aromatic nitrogens is 2. The van der Waals surface area contributed by atoms with Crippen LogP contribution in [0.4, 0.5) is 4.39 Å². The molecular weight excluding hydrogens is 277 g/mol. The normalized spacial score (nSPS) is 16.4. The van der Waals surface area contributed by atoms with Crippen molar-refractivity contribution in [3.8, 4) is 11.5 Å². The van der Waals surface area contributed by atoms with Gasteiger partial charge >= 0.3 is 0 Å². The van der Waals surface area contributed by atoms with Crippen molar-refractivity contribution in [2.24, 2.45) is 0 Å². The summed E-state index contributed by atoms with van der Waals surface area (Å²) in [6.07, 6.45) is 3.77. The van der Waals surface area contributed by atoms with Crippen LogP contribution in [-0.2, 0) is 6.67 Å². The summed E-state index contributed by atoms with van der Waals surface area (Å²) < 4.78 is 20.8. The molecule has 2 aromatic rings. The fourth-order valence-electron chi connectivity index (χ4n) is 2.57. The van der Waals surface area contributed by atoms with Crippen LogP contribution in [0.5, 0.6) is 0 Å². The topological polar surface area (TPSA) is 35.4 Å². The molecule has 2 heterocycles. The molecule has 0 spiro atoms. The summed E-state index contributed by atoms with van der Waals surface area (Å²) in [5.41, 5.74) is 0.353. The van der Waals surface area contributed by atoms with Crippen molar-refractivity contribution >= 4 is 12.2 Å². The highest BCUT2D eigenvalue weighted by Gasteiger charge is 2.17. The molecule has 1 aliphatic heterocycles. The number of nitrogens with zero attached hydrogens (tertiary/aromatic N) is 2. The fourth-order valence-corrected chi connectivity index (χ4v) is 2.76. The molecule has 1 aliphatic rings. The SMILES string of the molecule is Fc1ccccc1-c1nn(C[NH+]2CCCCC2)c(=S)o1. The van der Waals surface area contributed by atoms with Crippen LogP contribution in [0.1, 0.15) is 19.3 Å². The molecule has 0 aliphatic carbocycles. The zero-order valence-corrected chi connectivity index (χ0v) is 12.0. The lowest BCUT2D eigenvalue weighted by molar-refractivity contribution is -0.928. The molecule has 0 saturated carbocycles. The van der Waals surface area contributed by atoms with Crippen LogP contribution in [0.25, 0.3) is 11.5 Å². The van der Waals surface area contributed by atoms with Crippen molar-refractivity contribution in [1.82, 2.24) is 9.78 Å². The molecule has 0 bridgehead atoms. The zero-order chi connectivity index (χ0) is 13.9. The summed E-state index contributed by atoms with van der Waals surface area (Å²) in [5.74, 6) is -0.0919. The minimum absolute atomic E-state index is 0.254. The van der Waals surface area contributed by atoms with Gasteiger partial charge in [0.05, 0.1) is 18.7 Å². The molecule has 1 aromatic heterocycles. The highest BCUT2D eigenvalue weighted by Crippen LogP contribution is 2.20. The monoisotopic (exact) mass is 294 g/mol. The Morgan fingerprint density at radius 2 is 2.00 bits per heavy atom. The van der Waals surface area contributed by atoms with E-state index in [0.717, 1.165) is 13.1 Å². The molecular formula is C14H17FN3OS+. The van der Waals surface area contributed by atoms with Crippen LogP contribution in [0, 0.1) is 10.7 Å². The van der Waals surface area contributed by atoms with Gasteiger partial charge in [0.2, 0.25) is 5.89 Å². The lowest BCUT2D eigenvalue weighted by Crippen LogP contribution is -3.12. The number of hydrogen-bond donors (Lipinski definition) is 1. The molecule has 1 fully saturated rings. The molecule has 0 amide bonds. The van der Waals surface area contributed by atoms with E-state index in [1.165, 1.54) is 30.2 Å². The maximum absolute atomic E-state index is 13.7. The van der Waals surface area contributed by atoms with Crippen molar-refractivity contribution in [3.05, 3.63) is 34.9 Å². The summed E-state index contributed by atoms with van der Waals surface area (Å²) in [6, 6.07) is 6.44. The first-order chi connectivity index (χ1) is 9.74. The molecule has 6 heteroatoms. The van der Waals surface area contributed by atoms with Gasteiger partial charge in [-0.15, -0.1) is 5.10 Å². The van der Waals surface area contributed by atoms with Crippen LogP contribution >= 0.6 is 12.2 Å². The van der Waals surface area contributed by atoms with Crippen molar-refractivity contribution in [3.63, 3.8) is 0 Å². The minimum atomic E-state index is -0.346. The Kier molecular flexibility index (Phi) is 3.93. The van der Waals surface area contributed by atoms with E-state index in [-0.39, 0.29) is 11.7 Å². The number of hydrogen-bond acceptors (Lipinski definition) is 3. The highest BCUT2D eigenvalue weighted by molar-refractivity contribution is 7.71. The quantitative estimate of drug-likeness (QED) is 0.880. The van der Waals surface area contributed by atoms with E-state index in [1.807, 2.05) is 0 Å². The summed E-state index contributed by atoms with van der Waals surface area (Å²) in [4.78, 5) is 1.75. The molecule has 20 heavy (non-hydrogen) atoms. The number of nitrogens with one attached hydrogen (secondary N) is 1. The maximum atomic E-state index is 13.7. The Labute approximate surface area is 121 Å². The largest absolute Gasteiger partial charge is 0.409 e. The predicted octanol–water partition coefficient (Wildman–Crippen LogP) is 2.04. The standard InChI is InChI=1S/C14H16FN3OS/c15-12-7-3-2-6-11(12)13-16-18(14(20)19-13)10-17-8-4-1-5-9-17/h2-3,6-7H,1,4-5,8-10H2/p+1.